The third-order valence-corrected chi connectivity index (χ3v) is 8.24. The van der Waals surface area contributed by atoms with Gasteiger partial charge >= 0.3 is 0 Å². The van der Waals surface area contributed by atoms with E-state index in [0.717, 1.165) is 34.7 Å². The number of Topliss-reactive ketones (excluding diaryl/α,β-unsaturated/α-hetero) is 1. The number of hydrogen-bond donors (Lipinski definition) is 1. The second-order valence-corrected chi connectivity index (χ2v) is 10.5. The van der Waals surface area contributed by atoms with Crippen LogP contribution in [0.5, 0.6) is 0 Å². The van der Waals surface area contributed by atoms with Crippen molar-refractivity contribution in [2.24, 2.45) is 0 Å². The summed E-state index contributed by atoms with van der Waals surface area (Å²) in [5.74, 6) is 0.231. The van der Waals surface area contributed by atoms with E-state index >= 15 is 0 Å². The normalized spacial score (nSPS) is 13.3. The number of aryl methyl sites for hydroxylation is 2. The molecule has 0 atom stereocenters. The van der Waals surface area contributed by atoms with Crippen LogP contribution in [0.3, 0.4) is 0 Å². The highest BCUT2D eigenvalue weighted by Gasteiger charge is 2.17. The first-order chi connectivity index (χ1) is 16.7. The van der Waals surface area contributed by atoms with Crippen LogP contribution in [0.1, 0.15) is 34.3 Å². The van der Waals surface area contributed by atoms with Crippen molar-refractivity contribution in [3.05, 3.63) is 93.1 Å². The summed E-state index contributed by atoms with van der Waals surface area (Å²) >= 11 is 2.75. The molecule has 6 rings (SSSR count). The lowest BCUT2D eigenvalue weighted by molar-refractivity contribution is 0.102. The third-order valence-electron chi connectivity index (χ3n) is 6.49. The van der Waals surface area contributed by atoms with Gasteiger partial charge in [-0.05, 0) is 59.2 Å². The number of H-pyrrole nitrogens is 1. The molecule has 0 aliphatic heterocycles. The number of nitrogens with one attached hydrogen (secondary N) is 1. The van der Waals surface area contributed by atoms with E-state index in [4.69, 9.17) is 0 Å². The van der Waals surface area contributed by atoms with Crippen molar-refractivity contribution < 1.29 is 4.79 Å². The number of hydrogen-bond acceptors (Lipinski definition) is 5. The maximum Gasteiger partial charge on any atom is 0.260 e. The van der Waals surface area contributed by atoms with E-state index < -0.39 is 0 Å². The molecule has 0 spiro atoms. The first kappa shape index (κ1) is 21.3. The van der Waals surface area contributed by atoms with E-state index in [0.29, 0.717) is 20.9 Å². The highest BCUT2D eigenvalue weighted by Crippen LogP contribution is 2.34. The fourth-order valence-corrected chi connectivity index (χ4v) is 6.45. The van der Waals surface area contributed by atoms with E-state index in [2.05, 4.69) is 28.2 Å². The molecular formula is C28H22N2O2S2. The van der Waals surface area contributed by atoms with Gasteiger partial charge in [-0.15, -0.1) is 11.3 Å². The Morgan fingerprint density at radius 1 is 0.971 bits per heavy atom. The highest BCUT2D eigenvalue weighted by molar-refractivity contribution is 7.99. The molecule has 3 aromatic carbocycles. The molecule has 0 bridgehead atoms. The van der Waals surface area contributed by atoms with Crippen LogP contribution in [-0.2, 0) is 12.8 Å². The molecule has 2 aromatic heterocycles. The number of thioether (sulfide) groups is 1. The van der Waals surface area contributed by atoms with Gasteiger partial charge in [0.1, 0.15) is 4.83 Å². The molecule has 6 heteroatoms. The molecule has 5 aromatic rings. The van der Waals surface area contributed by atoms with Crippen molar-refractivity contribution in [1.29, 1.82) is 0 Å². The average Bonchev–Trinajstić information content (AvgIpc) is 3.31. The molecule has 1 aliphatic carbocycles. The summed E-state index contributed by atoms with van der Waals surface area (Å²) in [6.45, 7) is 0. The Kier molecular flexibility index (Phi) is 5.55. The van der Waals surface area contributed by atoms with Gasteiger partial charge in [0.05, 0.1) is 11.1 Å². The number of thiophene rings is 1. The smallest absolute Gasteiger partial charge is 0.260 e. The van der Waals surface area contributed by atoms with Crippen molar-refractivity contribution in [2.75, 3.05) is 5.75 Å². The van der Waals surface area contributed by atoms with Crippen LogP contribution >= 0.6 is 23.1 Å². The summed E-state index contributed by atoms with van der Waals surface area (Å²) in [7, 11) is 0. The summed E-state index contributed by atoms with van der Waals surface area (Å²) in [5.41, 5.74) is 5.35. The van der Waals surface area contributed by atoms with Gasteiger partial charge in [-0.2, -0.15) is 0 Å². The average molecular weight is 483 g/mol. The summed E-state index contributed by atoms with van der Waals surface area (Å²) < 4.78 is 0. The number of benzene rings is 3. The minimum Gasteiger partial charge on any atom is -0.301 e. The van der Waals surface area contributed by atoms with Crippen LogP contribution in [0.2, 0.25) is 0 Å². The molecule has 34 heavy (non-hydrogen) atoms. The molecule has 0 unspecified atom stereocenters. The zero-order valence-electron chi connectivity index (χ0n) is 18.5. The maximum absolute atomic E-state index is 13.0. The van der Waals surface area contributed by atoms with Gasteiger partial charge in [0.25, 0.3) is 5.56 Å². The van der Waals surface area contributed by atoms with Crippen LogP contribution in [0, 0.1) is 0 Å². The minimum absolute atomic E-state index is 0.0134. The van der Waals surface area contributed by atoms with E-state index in [-0.39, 0.29) is 17.1 Å². The molecular weight excluding hydrogens is 460 g/mol. The molecule has 0 saturated heterocycles. The number of aromatic amines is 1. The summed E-state index contributed by atoms with van der Waals surface area (Å²) in [5, 5.41) is 5.28. The van der Waals surface area contributed by atoms with Gasteiger partial charge in [0.15, 0.2) is 10.9 Å². The van der Waals surface area contributed by atoms with Crippen molar-refractivity contribution in [3.63, 3.8) is 0 Å². The van der Waals surface area contributed by atoms with Crippen LogP contribution in [0.25, 0.3) is 32.1 Å². The zero-order valence-corrected chi connectivity index (χ0v) is 20.1. The van der Waals surface area contributed by atoms with E-state index in [1.165, 1.54) is 47.1 Å². The number of rotatable bonds is 5. The molecule has 0 fully saturated rings. The van der Waals surface area contributed by atoms with Crippen molar-refractivity contribution in [1.82, 2.24) is 9.97 Å². The van der Waals surface area contributed by atoms with Gasteiger partial charge in [0.2, 0.25) is 0 Å². The van der Waals surface area contributed by atoms with Crippen molar-refractivity contribution in [3.8, 4) is 11.1 Å². The Hall–Kier alpha value is -3.22. The fourth-order valence-electron chi connectivity index (χ4n) is 4.69. The van der Waals surface area contributed by atoms with Crippen LogP contribution in [0.15, 0.2) is 76.0 Å². The van der Waals surface area contributed by atoms with Gasteiger partial charge in [-0.3, -0.25) is 9.59 Å². The summed E-state index contributed by atoms with van der Waals surface area (Å²) in [4.78, 5) is 34.1. The lowest BCUT2D eigenvalue weighted by Gasteiger charge is -2.16. The Bertz CT molecular complexity index is 1620. The Labute approximate surface area is 205 Å². The van der Waals surface area contributed by atoms with E-state index in [9.17, 15) is 9.59 Å². The quantitative estimate of drug-likeness (QED) is 0.173. The van der Waals surface area contributed by atoms with Crippen LogP contribution in [0.4, 0.5) is 0 Å². The molecule has 168 valence electrons. The van der Waals surface area contributed by atoms with Crippen molar-refractivity contribution in [2.45, 2.75) is 30.8 Å². The number of nitrogens with zero attached hydrogens (tertiary/aromatic N) is 1. The van der Waals surface area contributed by atoms with Gasteiger partial charge < -0.3 is 4.98 Å². The number of carbonyl (C=O) groups excluding carboxylic acids is 1. The number of ketones is 1. The number of carbonyl (C=O) groups is 1. The number of aromatic nitrogens is 2. The summed E-state index contributed by atoms with van der Waals surface area (Å²) in [6, 6.07) is 20.3. The maximum atomic E-state index is 13.0. The minimum atomic E-state index is -0.153. The second kappa shape index (κ2) is 8.85. The molecule has 0 saturated carbocycles. The lowest BCUT2D eigenvalue weighted by atomic mass is 9.89. The first-order valence-electron chi connectivity index (χ1n) is 11.4. The fraction of sp³-hybridized carbons (Fsp3) is 0.179. The van der Waals surface area contributed by atoms with E-state index in [1.54, 1.807) is 0 Å². The topological polar surface area (TPSA) is 62.8 Å². The predicted molar refractivity (Wildman–Crippen MR) is 141 cm³/mol. The van der Waals surface area contributed by atoms with Crippen LogP contribution < -0.4 is 5.56 Å². The standard InChI is InChI=1S/C28H22N2O2S2/c31-24(22-12-10-18-6-2-4-8-20(18)14-22)16-34-28-29-26(32)25-23(15-33-27(25)30-28)21-11-9-17-5-1-3-7-19(17)13-21/h2,4,6,8-15H,1,3,5,7,16H2,(H,29,30,32). The van der Waals surface area contributed by atoms with Gasteiger partial charge in [0, 0.05) is 16.5 Å². The monoisotopic (exact) mass is 482 g/mol. The SMILES string of the molecule is O=C(CSc1nc2scc(-c3ccc4c(c3)CCCC4)c2c(=O)[nH]1)c1ccc2ccccc2c1. The van der Waals surface area contributed by atoms with Gasteiger partial charge in [-0.25, -0.2) is 4.98 Å². The molecule has 1 N–H and O–H groups in total. The second-order valence-electron chi connectivity index (χ2n) is 8.66. The first-order valence-corrected chi connectivity index (χ1v) is 13.3. The molecule has 0 radical (unpaired) electrons. The molecule has 2 heterocycles. The molecule has 0 amide bonds. The highest BCUT2D eigenvalue weighted by atomic mass is 32.2. The van der Waals surface area contributed by atoms with Gasteiger partial charge in [-0.1, -0.05) is 66.4 Å². The third kappa shape index (κ3) is 3.97. The lowest BCUT2D eigenvalue weighted by Crippen LogP contribution is -2.10. The van der Waals surface area contributed by atoms with Crippen LogP contribution in [-0.4, -0.2) is 21.5 Å². The number of fused-ring (bicyclic) bond motifs is 3. The summed E-state index contributed by atoms with van der Waals surface area (Å²) in [6.07, 6.45) is 4.72. The predicted octanol–water partition coefficient (Wildman–Crippen LogP) is 6.66. The Morgan fingerprint density at radius 2 is 1.79 bits per heavy atom. The zero-order chi connectivity index (χ0) is 23.1. The Balaban J connectivity index is 1.25. The largest absolute Gasteiger partial charge is 0.301 e. The Morgan fingerprint density at radius 3 is 2.68 bits per heavy atom. The molecule has 4 nitrogen and oxygen atoms in total. The molecule has 1 aliphatic rings. The van der Waals surface area contributed by atoms with Crippen molar-refractivity contribution >= 4 is 49.9 Å². The van der Waals surface area contributed by atoms with E-state index in [1.807, 2.05) is 47.8 Å².